The number of hydrogen-bond donors (Lipinski definition) is 0. The average molecular weight is 385 g/mol. The molecule has 0 N–H and O–H groups in total. The Balaban J connectivity index is 1.59. The molecule has 4 heteroatoms. The maximum Gasteiger partial charge on any atom is 0.278 e. The zero-order valence-corrected chi connectivity index (χ0v) is 16.2. The minimum atomic E-state index is -0.0525. The number of hydrogen-bond acceptors (Lipinski definition) is 3. The smallest absolute Gasteiger partial charge is 0.278 e. The summed E-state index contributed by atoms with van der Waals surface area (Å²) in [7, 11) is 0. The van der Waals surface area contributed by atoms with Crippen molar-refractivity contribution in [3.05, 3.63) is 113 Å². The van der Waals surface area contributed by atoms with Crippen LogP contribution in [0.5, 0.6) is 0 Å². The van der Waals surface area contributed by atoms with Gasteiger partial charge in [0.1, 0.15) is 5.70 Å². The second-order valence-corrected chi connectivity index (χ2v) is 7.43. The van der Waals surface area contributed by atoms with Crippen molar-refractivity contribution in [2.75, 3.05) is 0 Å². The summed E-state index contributed by atoms with van der Waals surface area (Å²) in [6, 6.07) is 30.1. The lowest BCUT2D eigenvalue weighted by Crippen LogP contribution is -2.30. The number of benzene rings is 3. The molecule has 138 valence electrons. The monoisotopic (exact) mass is 384 g/mol. The van der Waals surface area contributed by atoms with Gasteiger partial charge in [0.05, 0.1) is 6.54 Å². The Morgan fingerprint density at radius 2 is 1.36 bits per heavy atom. The largest absolute Gasteiger partial charge is 0.281 e. The topological polar surface area (TPSA) is 32.7 Å². The molecule has 4 rings (SSSR count). The van der Waals surface area contributed by atoms with E-state index in [-0.39, 0.29) is 5.91 Å². The van der Waals surface area contributed by atoms with E-state index in [1.807, 2.05) is 84.9 Å². The van der Waals surface area contributed by atoms with Crippen LogP contribution in [0.15, 0.2) is 102 Å². The van der Waals surface area contributed by atoms with Crippen molar-refractivity contribution in [3.63, 3.8) is 0 Å². The molecule has 0 spiro atoms. The third-order valence-electron chi connectivity index (χ3n) is 4.41. The molecule has 1 aliphatic heterocycles. The van der Waals surface area contributed by atoms with Gasteiger partial charge in [-0.3, -0.25) is 9.69 Å². The molecule has 1 amide bonds. The van der Waals surface area contributed by atoms with E-state index >= 15 is 0 Å². The van der Waals surface area contributed by atoms with Crippen molar-refractivity contribution in [1.82, 2.24) is 4.90 Å². The standard InChI is InChI=1S/C24H20N2OS/c27-23-22(16-19-10-4-1-5-11-19)25-24(28-18-21-14-8-3-9-15-21)26(23)17-20-12-6-2-7-13-20/h1-16H,17-18H2/b22-16+. The van der Waals surface area contributed by atoms with E-state index in [1.165, 1.54) is 5.56 Å². The van der Waals surface area contributed by atoms with Gasteiger partial charge in [0.25, 0.3) is 5.91 Å². The van der Waals surface area contributed by atoms with Crippen LogP contribution < -0.4 is 0 Å². The summed E-state index contributed by atoms with van der Waals surface area (Å²) in [4.78, 5) is 19.5. The Hall–Kier alpha value is -3.11. The quantitative estimate of drug-likeness (QED) is 0.555. The lowest BCUT2D eigenvalue weighted by Gasteiger charge is -2.17. The molecule has 0 aromatic heterocycles. The molecule has 1 aliphatic rings. The van der Waals surface area contributed by atoms with Crippen LogP contribution in [0.3, 0.4) is 0 Å². The van der Waals surface area contributed by atoms with Crippen LogP contribution in [0.4, 0.5) is 0 Å². The minimum Gasteiger partial charge on any atom is -0.281 e. The first kappa shape index (κ1) is 18.3. The van der Waals surface area contributed by atoms with Gasteiger partial charge < -0.3 is 0 Å². The van der Waals surface area contributed by atoms with E-state index < -0.39 is 0 Å². The molecular weight excluding hydrogens is 364 g/mol. The molecule has 0 aliphatic carbocycles. The van der Waals surface area contributed by atoms with E-state index in [0.717, 1.165) is 22.0 Å². The lowest BCUT2D eigenvalue weighted by atomic mass is 10.2. The fraction of sp³-hybridized carbons (Fsp3) is 0.0833. The number of carbonyl (C=O) groups is 1. The van der Waals surface area contributed by atoms with Crippen LogP contribution in [0.25, 0.3) is 6.08 Å². The van der Waals surface area contributed by atoms with Crippen LogP contribution in [-0.4, -0.2) is 16.0 Å². The maximum absolute atomic E-state index is 13.1. The molecule has 0 atom stereocenters. The number of amides is 1. The van der Waals surface area contributed by atoms with Gasteiger partial charge in [-0.05, 0) is 22.8 Å². The number of aliphatic imine (C=N–C) groups is 1. The summed E-state index contributed by atoms with van der Waals surface area (Å²) in [5.41, 5.74) is 3.76. The van der Waals surface area contributed by atoms with Crippen LogP contribution in [-0.2, 0) is 17.1 Å². The summed E-state index contributed by atoms with van der Waals surface area (Å²) in [6.45, 7) is 0.520. The molecule has 3 nitrogen and oxygen atoms in total. The fourth-order valence-corrected chi connectivity index (χ4v) is 3.93. The second-order valence-electron chi connectivity index (χ2n) is 6.49. The van der Waals surface area contributed by atoms with E-state index in [1.54, 1.807) is 16.7 Å². The highest BCUT2D eigenvalue weighted by molar-refractivity contribution is 8.13. The van der Waals surface area contributed by atoms with Crippen molar-refractivity contribution in [2.45, 2.75) is 12.3 Å². The van der Waals surface area contributed by atoms with Crippen molar-refractivity contribution in [3.8, 4) is 0 Å². The van der Waals surface area contributed by atoms with Crippen molar-refractivity contribution in [2.24, 2.45) is 4.99 Å². The third kappa shape index (κ3) is 4.41. The van der Waals surface area contributed by atoms with Crippen molar-refractivity contribution >= 4 is 28.9 Å². The normalized spacial score (nSPS) is 15.1. The van der Waals surface area contributed by atoms with E-state index in [2.05, 4.69) is 17.1 Å². The van der Waals surface area contributed by atoms with Gasteiger partial charge in [0, 0.05) is 5.75 Å². The molecule has 0 unspecified atom stereocenters. The highest BCUT2D eigenvalue weighted by Gasteiger charge is 2.30. The fourth-order valence-electron chi connectivity index (χ4n) is 2.98. The van der Waals surface area contributed by atoms with Gasteiger partial charge in [-0.15, -0.1) is 0 Å². The minimum absolute atomic E-state index is 0.0525. The predicted molar refractivity (Wildman–Crippen MR) is 117 cm³/mol. The molecule has 1 heterocycles. The van der Waals surface area contributed by atoms with Crippen molar-refractivity contribution in [1.29, 1.82) is 0 Å². The maximum atomic E-state index is 13.1. The van der Waals surface area contributed by atoms with Gasteiger partial charge in [0.15, 0.2) is 5.17 Å². The first-order chi connectivity index (χ1) is 13.8. The summed E-state index contributed by atoms with van der Waals surface area (Å²) >= 11 is 1.60. The molecule has 0 fully saturated rings. The summed E-state index contributed by atoms with van der Waals surface area (Å²) in [5.74, 6) is 0.722. The molecule has 0 radical (unpaired) electrons. The number of amidine groups is 1. The van der Waals surface area contributed by atoms with Gasteiger partial charge in [-0.25, -0.2) is 4.99 Å². The van der Waals surface area contributed by atoms with Crippen LogP contribution in [0, 0.1) is 0 Å². The van der Waals surface area contributed by atoms with Gasteiger partial charge in [-0.1, -0.05) is 103 Å². The number of rotatable bonds is 5. The molecule has 0 bridgehead atoms. The zero-order chi connectivity index (χ0) is 19.2. The molecular formula is C24H20N2OS. The van der Waals surface area contributed by atoms with Gasteiger partial charge in [0.2, 0.25) is 0 Å². The van der Waals surface area contributed by atoms with Crippen molar-refractivity contribution < 1.29 is 4.79 Å². The van der Waals surface area contributed by atoms with E-state index in [4.69, 9.17) is 0 Å². The first-order valence-electron chi connectivity index (χ1n) is 9.17. The van der Waals surface area contributed by atoms with E-state index in [0.29, 0.717) is 12.2 Å². The number of nitrogens with zero attached hydrogens (tertiary/aromatic N) is 2. The molecule has 3 aromatic rings. The predicted octanol–water partition coefficient (Wildman–Crippen LogP) is 5.36. The number of thioether (sulfide) groups is 1. The Morgan fingerprint density at radius 1 is 0.786 bits per heavy atom. The Labute approximate surface area is 169 Å². The number of carbonyl (C=O) groups excluding carboxylic acids is 1. The second kappa shape index (κ2) is 8.72. The third-order valence-corrected chi connectivity index (χ3v) is 5.46. The zero-order valence-electron chi connectivity index (χ0n) is 15.4. The Bertz CT molecular complexity index is 999. The highest BCUT2D eigenvalue weighted by atomic mass is 32.2. The molecule has 3 aromatic carbocycles. The van der Waals surface area contributed by atoms with E-state index in [9.17, 15) is 4.79 Å². The highest BCUT2D eigenvalue weighted by Crippen LogP contribution is 2.27. The Kier molecular flexibility index (Phi) is 5.69. The lowest BCUT2D eigenvalue weighted by molar-refractivity contribution is -0.122. The summed E-state index contributed by atoms with van der Waals surface area (Å²) in [6.07, 6.45) is 1.86. The summed E-state index contributed by atoms with van der Waals surface area (Å²) < 4.78 is 0. The first-order valence-corrected chi connectivity index (χ1v) is 10.2. The van der Waals surface area contributed by atoms with Gasteiger partial charge >= 0.3 is 0 Å². The SMILES string of the molecule is O=C1/C(=C\c2ccccc2)N=C(SCc2ccccc2)N1Cc1ccccc1. The van der Waals surface area contributed by atoms with Gasteiger partial charge in [-0.2, -0.15) is 0 Å². The molecule has 28 heavy (non-hydrogen) atoms. The Morgan fingerprint density at radius 3 is 2.00 bits per heavy atom. The molecule has 0 saturated heterocycles. The van der Waals surface area contributed by atoms with Crippen LogP contribution in [0.2, 0.25) is 0 Å². The average Bonchev–Trinajstić information content (AvgIpc) is 3.03. The van der Waals surface area contributed by atoms with Crippen LogP contribution in [0.1, 0.15) is 16.7 Å². The molecule has 0 saturated carbocycles. The summed E-state index contributed by atoms with van der Waals surface area (Å²) in [5, 5.41) is 0.750. The van der Waals surface area contributed by atoms with Crippen LogP contribution >= 0.6 is 11.8 Å².